The van der Waals surface area contributed by atoms with Gasteiger partial charge < -0.3 is 14.6 Å². The molecule has 0 spiro atoms. The van der Waals surface area contributed by atoms with Crippen molar-refractivity contribution < 1.29 is 29.0 Å². The molecule has 1 N–H and O–H groups in total. The lowest BCUT2D eigenvalue weighted by Crippen LogP contribution is -2.20. The quantitative estimate of drug-likeness (QED) is 0.248. The fourth-order valence-electron chi connectivity index (χ4n) is 0.657. The van der Waals surface area contributed by atoms with Gasteiger partial charge >= 0.3 is 17.9 Å². The lowest BCUT2D eigenvalue weighted by Gasteiger charge is -2.10. The van der Waals surface area contributed by atoms with Crippen LogP contribution < -0.4 is 0 Å². The van der Waals surface area contributed by atoms with Crippen molar-refractivity contribution >= 4 is 17.9 Å². The van der Waals surface area contributed by atoms with E-state index in [1.807, 2.05) is 0 Å². The highest BCUT2D eigenvalue weighted by molar-refractivity contribution is 6.13. The molecule has 0 rings (SSSR count). The molecule has 0 saturated carbocycles. The third kappa shape index (κ3) is 5.14. The summed E-state index contributed by atoms with van der Waals surface area (Å²) in [5.74, 6) is -3.24. The predicted molar refractivity (Wildman–Crippen MR) is 53.3 cm³/mol. The van der Waals surface area contributed by atoms with Crippen molar-refractivity contribution in [2.75, 3.05) is 0 Å². The van der Waals surface area contributed by atoms with Gasteiger partial charge in [-0.05, 0) is 13.3 Å². The topological polar surface area (TPSA) is 89.9 Å². The molecule has 0 aliphatic carbocycles. The Labute approximate surface area is 92.8 Å². The summed E-state index contributed by atoms with van der Waals surface area (Å²) in [4.78, 5) is 32.4. The van der Waals surface area contributed by atoms with E-state index in [-0.39, 0.29) is 0 Å². The SMILES string of the molecule is CCC(C)OC(=O)C(=COC(C)=O)C(=O)O. The van der Waals surface area contributed by atoms with Crippen molar-refractivity contribution in [2.45, 2.75) is 33.3 Å². The van der Waals surface area contributed by atoms with Gasteiger partial charge in [0.25, 0.3) is 0 Å². The van der Waals surface area contributed by atoms with Crippen molar-refractivity contribution in [3.8, 4) is 0 Å². The summed E-state index contributed by atoms with van der Waals surface area (Å²) in [7, 11) is 0. The number of hydrogen-bond acceptors (Lipinski definition) is 5. The van der Waals surface area contributed by atoms with E-state index in [4.69, 9.17) is 9.84 Å². The van der Waals surface area contributed by atoms with Crippen LogP contribution in [0.15, 0.2) is 11.8 Å². The van der Waals surface area contributed by atoms with Gasteiger partial charge in [-0.3, -0.25) is 4.79 Å². The van der Waals surface area contributed by atoms with Crippen molar-refractivity contribution in [3.05, 3.63) is 11.8 Å². The zero-order chi connectivity index (χ0) is 12.7. The number of carboxylic acids is 1. The van der Waals surface area contributed by atoms with Crippen LogP contribution in [0.2, 0.25) is 0 Å². The zero-order valence-corrected chi connectivity index (χ0v) is 9.35. The predicted octanol–water partition coefficient (Wildman–Crippen LogP) is 0.860. The molecule has 0 aromatic heterocycles. The molecule has 6 heteroatoms. The molecule has 0 amide bonds. The number of carbonyl (C=O) groups excluding carboxylic acids is 2. The maximum atomic E-state index is 11.3. The number of esters is 2. The molecule has 0 heterocycles. The zero-order valence-electron chi connectivity index (χ0n) is 9.35. The fraction of sp³-hybridized carbons (Fsp3) is 0.500. The maximum absolute atomic E-state index is 11.3. The lowest BCUT2D eigenvalue weighted by atomic mass is 10.3. The average molecular weight is 230 g/mol. The Morgan fingerprint density at radius 1 is 1.38 bits per heavy atom. The van der Waals surface area contributed by atoms with Crippen LogP contribution in [0, 0.1) is 0 Å². The summed E-state index contributed by atoms with van der Waals surface area (Å²) in [5.41, 5.74) is -0.713. The number of rotatable bonds is 5. The minimum Gasteiger partial charge on any atom is -0.477 e. The molecule has 0 aromatic carbocycles. The fourth-order valence-corrected chi connectivity index (χ4v) is 0.657. The van der Waals surface area contributed by atoms with Crippen LogP contribution in [0.4, 0.5) is 0 Å². The standard InChI is InChI=1S/C10H14O6/c1-4-6(2)16-10(14)8(9(12)13)5-15-7(3)11/h5-6H,4H2,1-3H3,(H,12,13). The first-order valence-electron chi connectivity index (χ1n) is 4.70. The Morgan fingerprint density at radius 3 is 2.31 bits per heavy atom. The van der Waals surface area contributed by atoms with E-state index in [9.17, 15) is 14.4 Å². The third-order valence-electron chi connectivity index (χ3n) is 1.68. The molecule has 16 heavy (non-hydrogen) atoms. The number of carbonyl (C=O) groups is 3. The van der Waals surface area contributed by atoms with Gasteiger partial charge in [0, 0.05) is 6.92 Å². The highest BCUT2D eigenvalue weighted by atomic mass is 16.6. The number of carboxylic acid groups (broad SMARTS) is 1. The van der Waals surface area contributed by atoms with Crippen LogP contribution in [-0.4, -0.2) is 29.1 Å². The van der Waals surface area contributed by atoms with Gasteiger partial charge in [0.05, 0.1) is 6.10 Å². The van der Waals surface area contributed by atoms with Crippen molar-refractivity contribution in [3.63, 3.8) is 0 Å². The number of ether oxygens (including phenoxy) is 2. The van der Waals surface area contributed by atoms with Crippen LogP contribution in [0.3, 0.4) is 0 Å². The van der Waals surface area contributed by atoms with E-state index < -0.39 is 29.6 Å². The Hall–Kier alpha value is -1.85. The van der Waals surface area contributed by atoms with Crippen LogP contribution in [0.25, 0.3) is 0 Å². The van der Waals surface area contributed by atoms with Gasteiger partial charge in [-0.25, -0.2) is 9.59 Å². The van der Waals surface area contributed by atoms with Gasteiger partial charge in [0.1, 0.15) is 6.26 Å². The van der Waals surface area contributed by atoms with Gasteiger partial charge in [0.15, 0.2) is 5.57 Å². The smallest absolute Gasteiger partial charge is 0.349 e. The summed E-state index contributed by atoms with van der Waals surface area (Å²) < 4.78 is 9.09. The first-order chi connectivity index (χ1) is 7.38. The molecule has 1 atom stereocenters. The molecule has 0 bridgehead atoms. The molecule has 0 saturated heterocycles. The van der Waals surface area contributed by atoms with Crippen LogP contribution in [0.1, 0.15) is 27.2 Å². The highest BCUT2D eigenvalue weighted by Gasteiger charge is 2.21. The van der Waals surface area contributed by atoms with E-state index in [1.165, 1.54) is 0 Å². The maximum Gasteiger partial charge on any atom is 0.349 e. The highest BCUT2D eigenvalue weighted by Crippen LogP contribution is 2.05. The Kier molecular flexibility index (Phi) is 5.84. The second-order valence-corrected chi connectivity index (χ2v) is 3.07. The van der Waals surface area contributed by atoms with Crippen LogP contribution in [0.5, 0.6) is 0 Å². The summed E-state index contributed by atoms with van der Waals surface area (Å²) in [6.07, 6.45) is 0.745. The molecule has 1 unspecified atom stereocenters. The normalized spacial score (nSPS) is 12.8. The van der Waals surface area contributed by atoms with Crippen LogP contribution in [-0.2, 0) is 23.9 Å². The first kappa shape index (κ1) is 14.2. The second-order valence-electron chi connectivity index (χ2n) is 3.07. The number of aliphatic carboxylic acids is 1. The van der Waals surface area contributed by atoms with Gasteiger partial charge in [-0.2, -0.15) is 0 Å². The molecule has 0 aliphatic rings. The third-order valence-corrected chi connectivity index (χ3v) is 1.68. The summed E-state index contributed by atoms with van der Waals surface area (Å²) in [6.45, 7) is 4.51. The molecule has 0 aromatic rings. The minimum atomic E-state index is -1.51. The summed E-state index contributed by atoms with van der Waals surface area (Å²) >= 11 is 0. The summed E-state index contributed by atoms with van der Waals surface area (Å²) in [5, 5.41) is 8.68. The first-order valence-corrected chi connectivity index (χ1v) is 4.70. The number of hydrogen-bond donors (Lipinski definition) is 1. The lowest BCUT2D eigenvalue weighted by molar-refractivity contribution is -0.147. The molecular weight excluding hydrogens is 216 g/mol. The van der Waals surface area contributed by atoms with Gasteiger partial charge in [-0.15, -0.1) is 0 Å². The largest absolute Gasteiger partial charge is 0.477 e. The van der Waals surface area contributed by atoms with E-state index in [0.29, 0.717) is 12.7 Å². The monoisotopic (exact) mass is 230 g/mol. The van der Waals surface area contributed by atoms with Gasteiger partial charge in [0.2, 0.25) is 0 Å². The minimum absolute atomic E-state index is 0.396. The molecular formula is C10H14O6. The Bertz CT molecular complexity index is 317. The van der Waals surface area contributed by atoms with E-state index >= 15 is 0 Å². The molecule has 6 nitrogen and oxygen atoms in total. The Balaban J connectivity index is 4.66. The van der Waals surface area contributed by atoms with Crippen molar-refractivity contribution in [1.82, 2.24) is 0 Å². The molecule has 0 aliphatic heterocycles. The van der Waals surface area contributed by atoms with E-state index in [2.05, 4.69) is 4.74 Å². The summed E-state index contributed by atoms with van der Waals surface area (Å²) in [6, 6.07) is 0. The molecule has 0 radical (unpaired) electrons. The molecule has 0 fully saturated rings. The van der Waals surface area contributed by atoms with E-state index in [1.54, 1.807) is 13.8 Å². The Morgan fingerprint density at radius 2 is 1.94 bits per heavy atom. The second kappa shape index (κ2) is 6.60. The van der Waals surface area contributed by atoms with Crippen molar-refractivity contribution in [2.24, 2.45) is 0 Å². The average Bonchev–Trinajstić information content (AvgIpc) is 2.16. The molecule has 90 valence electrons. The van der Waals surface area contributed by atoms with Crippen molar-refractivity contribution in [1.29, 1.82) is 0 Å². The van der Waals surface area contributed by atoms with Crippen LogP contribution >= 0.6 is 0 Å². The van der Waals surface area contributed by atoms with Gasteiger partial charge in [-0.1, -0.05) is 6.92 Å². The van der Waals surface area contributed by atoms with E-state index in [0.717, 1.165) is 6.92 Å².